The zero-order valence-corrected chi connectivity index (χ0v) is 19.6. The van der Waals surface area contributed by atoms with Gasteiger partial charge in [-0.15, -0.1) is 24.0 Å². The Morgan fingerprint density at radius 3 is 2.48 bits per heavy atom. The van der Waals surface area contributed by atoms with Crippen LogP contribution in [0.5, 0.6) is 0 Å². The number of nitrogens with zero attached hydrogens (tertiary/aromatic N) is 2. The Hall–Kier alpha value is -0.830. The molecule has 0 aromatic heterocycles. The molecule has 1 amide bonds. The van der Waals surface area contributed by atoms with E-state index < -0.39 is 0 Å². The van der Waals surface area contributed by atoms with Gasteiger partial charge < -0.3 is 15.5 Å². The number of nitrogens with one attached hydrogen (secondary N) is 2. The van der Waals surface area contributed by atoms with Crippen LogP contribution in [0.3, 0.4) is 0 Å². The van der Waals surface area contributed by atoms with Gasteiger partial charge in [-0.3, -0.25) is 9.79 Å². The highest BCUT2D eigenvalue weighted by molar-refractivity contribution is 14.0. The lowest BCUT2D eigenvalue weighted by Crippen LogP contribution is -2.47. The average Bonchev–Trinajstić information content (AvgIpc) is 2.48. The molecule has 25 heavy (non-hydrogen) atoms. The van der Waals surface area contributed by atoms with Crippen LogP contribution >= 0.6 is 39.9 Å². The Morgan fingerprint density at radius 1 is 1.28 bits per heavy atom. The Balaban J connectivity index is 0.00000576. The van der Waals surface area contributed by atoms with E-state index in [4.69, 9.17) is 0 Å². The van der Waals surface area contributed by atoms with Gasteiger partial charge in [0, 0.05) is 36.6 Å². The third-order valence-corrected chi connectivity index (χ3v) is 4.00. The summed E-state index contributed by atoms with van der Waals surface area (Å²) in [7, 11) is 1.82. The second-order valence-corrected chi connectivity index (χ2v) is 7.58. The molecule has 1 aromatic carbocycles. The smallest absolute Gasteiger partial charge is 0.224 e. The van der Waals surface area contributed by atoms with Gasteiger partial charge in [0.15, 0.2) is 5.96 Å². The van der Waals surface area contributed by atoms with Crippen LogP contribution in [-0.2, 0) is 11.3 Å². The number of carbonyl (C=O) groups excluding carboxylic acids is 1. The fourth-order valence-corrected chi connectivity index (χ4v) is 2.50. The van der Waals surface area contributed by atoms with Crippen molar-refractivity contribution in [3.05, 3.63) is 34.3 Å². The van der Waals surface area contributed by atoms with Crippen LogP contribution in [0.25, 0.3) is 0 Å². The number of carbonyl (C=O) groups is 1. The summed E-state index contributed by atoms with van der Waals surface area (Å²) in [4.78, 5) is 18.5. The van der Waals surface area contributed by atoms with Gasteiger partial charge in [0.25, 0.3) is 0 Å². The van der Waals surface area contributed by atoms with Crippen molar-refractivity contribution in [2.75, 3.05) is 20.1 Å². The first-order chi connectivity index (χ1) is 11.2. The van der Waals surface area contributed by atoms with Crippen molar-refractivity contribution in [1.82, 2.24) is 15.5 Å². The van der Waals surface area contributed by atoms with Gasteiger partial charge >= 0.3 is 0 Å². The molecule has 0 saturated heterocycles. The fourth-order valence-electron chi connectivity index (χ4n) is 2.09. The van der Waals surface area contributed by atoms with E-state index in [1.54, 1.807) is 4.90 Å². The van der Waals surface area contributed by atoms with Gasteiger partial charge in [-0.2, -0.15) is 0 Å². The van der Waals surface area contributed by atoms with Crippen molar-refractivity contribution in [3.63, 3.8) is 0 Å². The predicted octanol–water partition coefficient (Wildman–Crippen LogP) is 3.77. The van der Waals surface area contributed by atoms with E-state index >= 15 is 0 Å². The van der Waals surface area contributed by atoms with Gasteiger partial charge in [-0.1, -0.05) is 34.1 Å². The topological polar surface area (TPSA) is 56.7 Å². The van der Waals surface area contributed by atoms with Crippen LogP contribution in [-0.4, -0.2) is 42.4 Å². The summed E-state index contributed by atoms with van der Waals surface area (Å²) < 4.78 is 1.02. The lowest BCUT2D eigenvalue weighted by Gasteiger charge is -2.24. The number of guanidine groups is 1. The Labute approximate surface area is 177 Å². The molecule has 0 unspecified atom stereocenters. The minimum absolute atomic E-state index is 0. The van der Waals surface area contributed by atoms with E-state index in [0.717, 1.165) is 22.5 Å². The van der Waals surface area contributed by atoms with Crippen molar-refractivity contribution in [2.24, 2.45) is 4.99 Å². The zero-order chi connectivity index (χ0) is 18.2. The summed E-state index contributed by atoms with van der Waals surface area (Å²) in [6, 6.07) is 7.94. The summed E-state index contributed by atoms with van der Waals surface area (Å²) >= 11 is 3.51. The number of halogens is 2. The highest BCUT2D eigenvalue weighted by Crippen LogP contribution is 2.17. The maximum absolute atomic E-state index is 12.3. The largest absolute Gasteiger partial charge is 0.357 e. The Bertz CT molecular complexity index is 572. The number of rotatable bonds is 6. The standard InChI is InChI=1S/C18H29BrN4O.HI/c1-6-20-17(22-18(2,3)4)21-12-11-16(24)23(5)13-14-9-7-8-10-15(14)19;/h7-10H,6,11-13H2,1-5H3,(H2,20,21,22);1H. The van der Waals surface area contributed by atoms with Crippen LogP contribution in [0.2, 0.25) is 0 Å². The third kappa shape index (κ3) is 10.0. The van der Waals surface area contributed by atoms with Crippen LogP contribution in [0, 0.1) is 0 Å². The predicted molar refractivity (Wildman–Crippen MR) is 120 cm³/mol. The van der Waals surface area contributed by atoms with Crippen LogP contribution in [0.15, 0.2) is 33.7 Å². The van der Waals surface area contributed by atoms with Crippen LogP contribution in [0.1, 0.15) is 39.7 Å². The Morgan fingerprint density at radius 2 is 1.92 bits per heavy atom. The first-order valence-corrected chi connectivity index (χ1v) is 9.06. The summed E-state index contributed by atoms with van der Waals surface area (Å²) in [6.07, 6.45) is 0.391. The third-order valence-electron chi connectivity index (χ3n) is 3.22. The van der Waals surface area contributed by atoms with E-state index in [2.05, 4.69) is 52.3 Å². The highest BCUT2D eigenvalue weighted by Gasteiger charge is 2.13. The maximum atomic E-state index is 12.3. The summed E-state index contributed by atoms with van der Waals surface area (Å²) in [5.41, 5.74) is 1.03. The molecule has 2 N–H and O–H groups in total. The molecule has 1 aromatic rings. The van der Waals surface area contributed by atoms with Gasteiger partial charge in [0.05, 0.1) is 6.54 Å². The summed E-state index contributed by atoms with van der Waals surface area (Å²) in [5.74, 6) is 0.826. The number of benzene rings is 1. The second kappa shape index (κ2) is 11.7. The molecule has 0 saturated carbocycles. The van der Waals surface area contributed by atoms with Gasteiger partial charge in [-0.25, -0.2) is 0 Å². The van der Waals surface area contributed by atoms with Gasteiger partial charge in [0.2, 0.25) is 5.91 Å². The van der Waals surface area contributed by atoms with E-state index in [9.17, 15) is 4.79 Å². The van der Waals surface area contributed by atoms with Gasteiger partial charge in [-0.05, 0) is 39.3 Å². The number of hydrogen-bond acceptors (Lipinski definition) is 2. The Kier molecular flexibility index (Phi) is 11.3. The van der Waals surface area contributed by atoms with E-state index in [-0.39, 0.29) is 35.4 Å². The lowest BCUT2D eigenvalue weighted by atomic mass is 10.1. The SMILES string of the molecule is CCNC(=NCCC(=O)N(C)Cc1ccccc1Br)NC(C)(C)C.I. The fraction of sp³-hybridized carbons (Fsp3) is 0.556. The molecule has 0 aliphatic carbocycles. The summed E-state index contributed by atoms with van der Waals surface area (Å²) in [5, 5.41) is 6.51. The molecule has 0 radical (unpaired) electrons. The minimum Gasteiger partial charge on any atom is -0.357 e. The molecule has 0 atom stereocenters. The molecule has 0 aliphatic heterocycles. The lowest BCUT2D eigenvalue weighted by molar-refractivity contribution is -0.130. The molecular formula is C18H30BrIN4O. The molecule has 1 rings (SSSR count). The zero-order valence-electron chi connectivity index (χ0n) is 15.7. The second-order valence-electron chi connectivity index (χ2n) is 6.73. The normalized spacial score (nSPS) is 11.5. The van der Waals surface area contributed by atoms with Gasteiger partial charge in [0.1, 0.15) is 0 Å². The van der Waals surface area contributed by atoms with Crippen molar-refractivity contribution in [1.29, 1.82) is 0 Å². The first-order valence-electron chi connectivity index (χ1n) is 8.27. The molecule has 0 spiro atoms. The van der Waals surface area contributed by atoms with Crippen molar-refractivity contribution in [3.8, 4) is 0 Å². The first kappa shape index (κ1) is 24.2. The van der Waals surface area contributed by atoms with Crippen molar-refractivity contribution in [2.45, 2.75) is 46.2 Å². The van der Waals surface area contributed by atoms with Crippen LogP contribution < -0.4 is 10.6 Å². The molecule has 7 heteroatoms. The number of aliphatic imine (C=N–C) groups is 1. The quantitative estimate of drug-likeness (QED) is 0.338. The monoisotopic (exact) mass is 524 g/mol. The number of amides is 1. The average molecular weight is 525 g/mol. The molecule has 0 aliphatic rings. The molecule has 0 bridgehead atoms. The van der Waals surface area contributed by atoms with E-state index in [1.165, 1.54) is 0 Å². The molecule has 0 fully saturated rings. The van der Waals surface area contributed by atoms with Crippen LogP contribution in [0.4, 0.5) is 0 Å². The molecule has 0 heterocycles. The highest BCUT2D eigenvalue weighted by atomic mass is 127. The van der Waals surface area contributed by atoms with E-state index in [1.807, 2.05) is 38.2 Å². The summed E-state index contributed by atoms with van der Waals surface area (Å²) in [6.45, 7) is 10.1. The molecular weight excluding hydrogens is 495 g/mol. The van der Waals surface area contributed by atoms with E-state index in [0.29, 0.717) is 19.5 Å². The maximum Gasteiger partial charge on any atom is 0.224 e. The molecule has 142 valence electrons. The minimum atomic E-state index is -0.0681. The van der Waals surface area contributed by atoms with Crippen molar-refractivity contribution < 1.29 is 4.79 Å². The number of hydrogen-bond donors (Lipinski definition) is 2. The van der Waals surface area contributed by atoms with Crippen molar-refractivity contribution >= 4 is 51.8 Å². The molecule has 5 nitrogen and oxygen atoms in total.